The van der Waals surface area contributed by atoms with Gasteiger partial charge in [-0.15, -0.1) is 0 Å². The van der Waals surface area contributed by atoms with Crippen LogP contribution in [0.15, 0.2) is 30.5 Å². The number of fused-ring (bicyclic) bond motifs is 1. The first-order valence-corrected chi connectivity index (χ1v) is 6.19. The second-order valence-corrected chi connectivity index (χ2v) is 3.51. The zero-order chi connectivity index (χ0) is 12.4. The summed E-state index contributed by atoms with van der Waals surface area (Å²) in [5.41, 5.74) is 2.53. The van der Waals surface area contributed by atoms with E-state index in [1.807, 2.05) is 19.9 Å². The highest BCUT2D eigenvalue weighted by atomic mass is 16.5. The van der Waals surface area contributed by atoms with Crippen LogP contribution < -0.4 is 4.74 Å². The Hall–Kier alpha value is -1.24. The molecule has 1 nitrogen and oxygen atoms in total. The van der Waals surface area contributed by atoms with Crippen molar-refractivity contribution in [3.05, 3.63) is 41.7 Å². The Morgan fingerprint density at radius 2 is 1.81 bits per heavy atom. The number of allylic oxidation sites excluding steroid dienone is 1. The Kier molecular flexibility index (Phi) is 8.32. The first-order chi connectivity index (χ1) is 7.77. The summed E-state index contributed by atoms with van der Waals surface area (Å²) >= 11 is 0. The average Bonchev–Trinajstić information content (AvgIpc) is 2.32. The molecule has 90 valence electrons. The van der Waals surface area contributed by atoms with E-state index in [-0.39, 0.29) is 0 Å². The quantitative estimate of drug-likeness (QED) is 0.605. The smallest absolute Gasteiger partial charge is 0.130 e. The predicted molar refractivity (Wildman–Crippen MR) is 72.0 cm³/mol. The van der Waals surface area contributed by atoms with Gasteiger partial charge in [0.25, 0.3) is 0 Å². The molecular weight excluding hydrogens is 196 g/mol. The third-order valence-corrected chi connectivity index (χ3v) is 1.85. The number of ether oxygens (including phenoxy) is 1. The molecule has 0 atom stereocenters. The molecule has 0 N–H and O–H groups in total. The van der Waals surface area contributed by atoms with E-state index < -0.39 is 0 Å². The van der Waals surface area contributed by atoms with Crippen LogP contribution in [0.2, 0.25) is 0 Å². The molecular formula is C15H24O. The summed E-state index contributed by atoms with van der Waals surface area (Å²) in [5.74, 6) is 1.01. The molecule has 1 heteroatoms. The molecule has 0 fully saturated rings. The third kappa shape index (κ3) is 5.01. The summed E-state index contributed by atoms with van der Waals surface area (Å²) < 4.78 is 5.32. The summed E-state index contributed by atoms with van der Waals surface area (Å²) in [6.45, 7) is 10.3. The number of benzene rings is 1. The largest absolute Gasteiger partial charge is 0.465 e. The Labute approximate surface area is 100 Å². The lowest BCUT2D eigenvalue weighted by Crippen LogP contribution is -1.95. The van der Waals surface area contributed by atoms with Gasteiger partial charge in [-0.1, -0.05) is 46.2 Å². The normalized spacial score (nSPS) is 11.1. The third-order valence-electron chi connectivity index (χ3n) is 1.85. The molecule has 0 spiro atoms. The summed E-state index contributed by atoms with van der Waals surface area (Å²) in [6.07, 6.45) is 6.02. The fraction of sp³-hybridized carbons (Fsp3) is 0.467. The zero-order valence-corrected chi connectivity index (χ0v) is 11.2. The Balaban J connectivity index is 0.000000394. The van der Waals surface area contributed by atoms with Gasteiger partial charge in [0.05, 0.1) is 6.26 Å². The number of hydrogen-bond donors (Lipinski definition) is 0. The summed E-state index contributed by atoms with van der Waals surface area (Å²) in [4.78, 5) is 0. The average molecular weight is 220 g/mol. The first-order valence-electron chi connectivity index (χ1n) is 6.19. The SMILES string of the molecule is CC.CCC.Cc1ccc2c(c1)OC=CC2. The van der Waals surface area contributed by atoms with Gasteiger partial charge < -0.3 is 4.74 Å². The van der Waals surface area contributed by atoms with E-state index in [0.29, 0.717) is 0 Å². The molecule has 0 unspecified atom stereocenters. The van der Waals surface area contributed by atoms with E-state index in [4.69, 9.17) is 4.74 Å². The highest BCUT2D eigenvalue weighted by Crippen LogP contribution is 2.23. The molecule has 0 saturated heterocycles. The minimum Gasteiger partial charge on any atom is -0.465 e. The van der Waals surface area contributed by atoms with Gasteiger partial charge in [0.15, 0.2) is 0 Å². The van der Waals surface area contributed by atoms with Gasteiger partial charge in [-0.3, -0.25) is 0 Å². The maximum atomic E-state index is 5.32. The van der Waals surface area contributed by atoms with E-state index in [9.17, 15) is 0 Å². The molecule has 0 saturated carbocycles. The van der Waals surface area contributed by atoms with Crippen molar-refractivity contribution in [1.82, 2.24) is 0 Å². The van der Waals surface area contributed by atoms with Crippen molar-refractivity contribution in [2.45, 2.75) is 47.5 Å². The second kappa shape index (κ2) is 9.02. The van der Waals surface area contributed by atoms with Gasteiger partial charge in [0, 0.05) is 0 Å². The first kappa shape index (κ1) is 14.8. The van der Waals surface area contributed by atoms with Gasteiger partial charge in [0.1, 0.15) is 5.75 Å². The van der Waals surface area contributed by atoms with E-state index in [1.54, 1.807) is 6.26 Å². The fourth-order valence-electron chi connectivity index (χ4n) is 1.24. The van der Waals surface area contributed by atoms with Crippen molar-refractivity contribution < 1.29 is 4.74 Å². The van der Waals surface area contributed by atoms with Crippen molar-refractivity contribution >= 4 is 0 Å². The molecule has 0 radical (unpaired) electrons. The van der Waals surface area contributed by atoms with Crippen LogP contribution in [0, 0.1) is 6.92 Å². The van der Waals surface area contributed by atoms with Crippen molar-refractivity contribution in [2.24, 2.45) is 0 Å². The van der Waals surface area contributed by atoms with E-state index in [2.05, 4.69) is 39.0 Å². The topological polar surface area (TPSA) is 9.23 Å². The van der Waals surface area contributed by atoms with Crippen LogP contribution in [0.5, 0.6) is 5.75 Å². The van der Waals surface area contributed by atoms with Crippen molar-refractivity contribution in [3.8, 4) is 5.75 Å². The molecule has 0 aliphatic carbocycles. The monoisotopic (exact) mass is 220 g/mol. The van der Waals surface area contributed by atoms with Crippen LogP contribution in [-0.2, 0) is 6.42 Å². The van der Waals surface area contributed by atoms with Crippen LogP contribution in [-0.4, -0.2) is 0 Å². The van der Waals surface area contributed by atoms with Crippen LogP contribution in [0.1, 0.15) is 45.2 Å². The molecule has 1 aliphatic heterocycles. The lowest BCUT2D eigenvalue weighted by atomic mass is 10.1. The Morgan fingerprint density at radius 1 is 1.19 bits per heavy atom. The maximum absolute atomic E-state index is 5.32. The molecule has 1 aliphatic rings. The standard InChI is InChI=1S/C10H10O.C3H8.C2H6/c1-8-4-5-9-3-2-6-11-10(9)7-8;1-3-2;1-2/h2,4-7H,3H2,1H3;3H2,1-2H3;1-2H3. The molecule has 0 amide bonds. The van der Waals surface area contributed by atoms with Gasteiger partial charge in [-0.2, -0.15) is 0 Å². The van der Waals surface area contributed by atoms with Gasteiger partial charge in [-0.05, 0) is 36.6 Å². The summed E-state index contributed by atoms with van der Waals surface area (Å²) in [6, 6.07) is 6.30. The van der Waals surface area contributed by atoms with Crippen LogP contribution >= 0.6 is 0 Å². The molecule has 1 aromatic carbocycles. The van der Waals surface area contributed by atoms with E-state index in [0.717, 1.165) is 12.2 Å². The number of rotatable bonds is 0. The molecule has 0 aromatic heterocycles. The van der Waals surface area contributed by atoms with E-state index in [1.165, 1.54) is 17.5 Å². The minimum absolute atomic E-state index is 0.996. The van der Waals surface area contributed by atoms with Crippen molar-refractivity contribution in [3.63, 3.8) is 0 Å². The van der Waals surface area contributed by atoms with Crippen molar-refractivity contribution in [2.75, 3.05) is 0 Å². The molecule has 0 bridgehead atoms. The predicted octanol–water partition coefficient (Wildman–Crippen LogP) is 4.89. The zero-order valence-electron chi connectivity index (χ0n) is 11.2. The Bertz CT molecular complexity index is 313. The second-order valence-electron chi connectivity index (χ2n) is 3.51. The van der Waals surface area contributed by atoms with Crippen molar-refractivity contribution in [1.29, 1.82) is 0 Å². The molecule has 16 heavy (non-hydrogen) atoms. The number of aryl methyl sites for hydroxylation is 1. The molecule has 2 rings (SSSR count). The van der Waals surface area contributed by atoms with Gasteiger partial charge >= 0.3 is 0 Å². The van der Waals surface area contributed by atoms with E-state index >= 15 is 0 Å². The molecule has 1 heterocycles. The van der Waals surface area contributed by atoms with Crippen LogP contribution in [0.4, 0.5) is 0 Å². The fourth-order valence-corrected chi connectivity index (χ4v) is 1.24. The lowest BCUT2D eigenvalue weighted by molar-refractivity contribution is 0.464. The minimum atomic E-state index is 0.996. The van der Waals surface area contributed by atoms with Crippen LogP contribution in [0.25, 0.3) is 0 Å². The number of hydrogen-bond acceptors (Lipinski definition) is 1. The highest BCUT2D eigenvalue weighted by molar-refractivity contribution is 5.40. The molecule has 1 aromatic rings. The lowest BCUT2D eigenvalue weighted by Gasteiger charge is -2.11. The Morgan fingerprint density at radius 3 is 2.44 bits per heavy atom. The van der Waals surface area contributed by atoms with Crippen LogP contribution in [0.3, 0.4) is 0 Å². The maximum Gasteiger partial charge on any atom is 0.130 e. The summed E-state index contributed by atoms with van der Waals surface area (Å²) in [7, 11) is 0. The highest BCUT2D eigenvalue weighted by Gasteiger charge is 2.04. The summed E-state index contributed by atoms with van der Waals surface area (Å²) in [5, 5.41) is 0. The van der Waals surface area contributed by atoms with Gasteiger partial charge in [0.2, 0.25) is 0 Å². The van der Waals surface area contributed by atoms with Gasteiger partial charge in [-0.25, -0.2) is 0 Å².